The van der Waals surface area contributed by atoms with E-state index >= 15 is 0 Å². The first-order valence-electron chi connectivity index (χ1n) is 9.14. The summed E-state index contributed by atoms with van der Waals surface area (Å²) in [4.78, 5) is 27.2. The second-order valence-corrected chi connectivity index (χ2v) is 6.66. The van der Waals surface area contributed by atoms with Gasteiger partial charge in [-0.3, -0.25) is 24.5 Å². The van der Waals surface area contributed by atoms with Gasteiger partial charge in [-0.25, -0.2) is 0 Å². The number of hydrogen-bond donors (Lipinski definition) is 2. The molecule has 3 aromatic rings. The lowest BCUT2D eigenvalue weighted by molar-refractivity contribution is -0.384. The maximum atomic E-state index is 13.1. The van der Waals surface area contributed by atoms with E-state index in [9.17, 15) is 25.1 Å². The Morgan fingerprint density at radius 1 is 1.13 bits per heavy atom. The van der Waals surface area contributed by atoms with Crippen molar-refractivity contribution in [2.24, 2.45) is 15.2 Å². The van der Waals surface area contributed by atoms with E-state index in [1.54, 1.807) is 19.1 Å². The van der Waals surface area contributed by atoms with E-state index in [1.807, 2.05) is 18.2 Å². The van der Waals surface area contributed by atoms with Crippen LogP contribution >= 0.6 is 0 Å². The first-order valence-corrected chi connectivity index (χ1v) is 9.14. The van der Waals surface area contributed by atoms with E-state index < -0.39 is 10.5 Å². The minimum Gasteiger partial charge on any atom is -0.506 e. The molecule has 0 unspecified atom stereocenters. The minimum absolute atomic E-state index is 0.0390. The standard InChI is InChI=1S/C21H19N5O5/c1-13-16(11-22-2)20(28)25(12-14-6-4-3-5-7-14)21(29)19(13)24-23-17-10-15(26(30)31)8-9-18(17)27/h3-10,27-28H,2,11-12H2,1H3. The first kappa shape index (κ1) is 21.4. The number of aromatic hydroxyl groups is 2. The van der Waals surface area contributed by atoms with Crippen molar-refractivity contribution >= 4 is 23.8 Å². The highest BCUT2D eigenvalue weighted by molar-refractivity contribution is 5.58. The summed E-state index contributed by atoms with van der Waals surface area (Å²) in [5.74, 6) is -0.584. The fourth-order valence-electron chi connectivity index (χ4n) is 3.00. The fourth-order valence-corrected chi connectivity index (χ4v) is 3.00. The van der Waals surface area contributed by atoms with Crippen LogP contribution in [0.5, 0.6) is 11.6 Å². The highest BCUT2D eigenvalue weighted by Gasteiger charge is 2.19. The minimum atomic E-state index is -0.634. The molecule has 1 aromatic heterocycles. The number of non-ortho nitro benzene ring substituents is 1. The molecule has 2 N–H and O–H groups in total. The topological polar surface area (TPSA) is 143 Å². The Morgan fingerprint density at radius 3 is 2.48 bits per heavy atom. The van der Waals surface area contributed by atoms with Crippen LogP contribution in [0.25, 0.3) is 0 Å². The highest BCUT2D eigenvalue weighted by atomic mass is 16.6. The van der Waals surface area contributed by atoms with Crippen LogP contribution < -0.4 is 5.56 Å². The van der Waals surface area contributed by atoms with Crippen molar-refractivity contribution in [3.63, 3.8) is 0 Å². The summed E-state index contributed by atoms with van der Waals surface area (Å²) < 4.78 is 1.14. The van der Waals surface area contributed by atoms with Gasteiger partial charge in [-0.05, 0) is 30.8 Å². The molecule has 0 amide bonds. The number of benzene rings is 2. The molecule has 0 aliphatic rings. The van der Waals surface area contributed by atoms with Gasteiger partial charge in [0.15, 0.2) is 11.6 Å². The maximum absolute atomic E-state index is 13.1. The molecule has 0 saturated heterocycles. The Labute approximate surface area is 176 Å². The third kappa shape index (κ3) is 4.47. The van der Waals surface area contributed by atoms with Crippen molar-refractivity contribution < 1.29 is 15.1 Å². The number of aromatic nitrogens is 1. The summed E-state index contributed by atoms with van der Waals surface area (Å²) in [6, 6.07) is 12.4. The zero-order chi connectivity index (χ0) is 22.5. The largest absolute Gasteiger partial charge is 0.506 e. The summed E-state index contributed by atoms with van der Waals surface area (Å²) in [5.41, 5.74) is 0.320. The summed E-state index contributed by atoms with van der Waals surface area (Å²) in [5, 5.41) is 39.4. The maximum Gasteiger partial charge on any atom is 0.281 e. The molecule has 10 heteroatoms. The molecule has 0 aliphatic carbocycles. The average Bonchev–Trinajstić information content (AvgIpc) is 2.76. The lowest BCUT2D eigenvalue weighted by atomic mass is 10.1. The number of nitro groups is 1. The summed E-state index contributed by atoms with van der Waals surface area (Å²) >= 11 is 0. The lowest BCUT2D eigenvalue weighted by Gasteiger charge is -2.15. The van der Waals surface area contributed by atoms with Crippen molar-refractivity contribution in [1.29, 1.82) is 0 Å². The Bertz CT molecular complexity index is 1240. The Balaban J connectivity index is 2.14. The van der Waals surface area contributed by atoms with Gasteiger partial charge in [0.25, 0.3) is 11.2 Å². The van der Waals surface area contributed by atoms with Crippen LogP contribution in [-0.4, -0.2) is 26.4 Å². The van der Waals surface area contributed by atoms with E-state index in [-0.39, 0.29) is 41.8 Å². The van der Waals surface area contributed by atoms with Crippen molar-refractivity contribution in [2.75, 3.05) is 0 Å². The number of pyridine rings is 1. The zero-order valence-corrected chi connectivity index (χ0v) is 16.6. The van der Waals surface area contributed by atoms with Crippen LogP contribution in [0.15, 0.2) is 68.5 Å². The number of aliphatic imine (C=N–C) groups is 1. The van der Waals surface area contributed by atoms with E-state index in [1.165, 1.54) is 0 Å². The van der Waals surface area contributed by atoms with E-state index in [0.717, 1.165) is 28.3 Å². The van der Waals surface area contributed by atoms with Gasteiger partial charge in [-0.2, -0.15) is 0 Å². The predicted octanol–water partition coefficient (Wildman–Crippen LogP) is 4.14. The molecule has 0 radical (unpaired) electrons. The van der Waals surface area contributed by atoms with Gasteiger partial charge < -0.3 is 10.2 Å². The Morgan fingerprint density at radius 2 is 1.84 bits per heavy atom. The van der Waals surface area contributed by atoms with Gasteiger partial charge in [0.2, 0.25) is 0 Å². The van der Waals surface area contributed by atoms with Crippen molar-refractivity contribution in [2.45, 2.75) is 20.0 Å². The monoisotopic (exact) mass is 421 g/mol. The SMILES string of the molecule is C=NCc1c(C)c(N=Nc2cc([N+](=O)[O-])ccc2O)c(=O)n(Cc2ccccc2)c1O. The summed E-state index contributed by atoms with van der Waals surface area (Å²) in [6.07, 6.45) is 0. The first-order chi connectivity index (χ1) is 14.8. The van der Waals surface area contributed by atoms with E-state index in [4.69, 9.17) is 0 Å². The fraction of sp³-hybridized carbons (Fsp3) is 0.143. The van der Waals surface area contributed by atoms with E-state index in [2.05, 4.69) is 21.9 Å². The number of hydrogen-bond acceptors (Lipinski definition) is 8. The number of phenolic OH excluding ortho intramolecular Hbond substituents is 1. The van der Waals surface area contributed by atoms with Gasteiger partial charge in [0.05, 0.1) is 18.0 Å². The van der Waals surface area contributed by atoms with Gasteiger partial charge in [0.1, 0.15) is 11.4 Å². The molecular weight excluding hydrogens is 402 g/mol. The van der Waals surface area contributed by atoms with Crippen LogP contribution in [0.3, 0.4) is 0 Å². The molecule has 0 saturated carbocycles. The molecule has 2 aromatic carbocycles. The molecule has 0 fully saturated rings. The molecular formula is C21H19N5O5. The number of nitrogens with zero attached hydrogens (tertiary/aromatic N) is 5. The molecule has 3 rings (SSSR count). The van der Waals surface area contributed by atoms with Crippen LogP contribution in [-0.2, 0) is 13.1 Å². The van der Waals surface area contributed by atoms with Gasteiger partial charge >= 0.3 is 0 Å². The van der Waals surface area contributed by atoms with Crippen molar-refractivity contribution in [1.82, 2.24) is 4.57 Å². The van der Waals surface area contributed by atoms with E-state index in [0.29, 0.717) is 11.1 Å². The van der Waals surface area contributed by atoms with Crippen molar-refractivity contribution in [3.8, 4) is 11.6 Å². The molecule has 0 bridgehead atoms. The second kappa shape index (κ2) is 8.99. The van der Waals surface area contributed by atoms with Crippen LogP contribution in [0.2, 0.25) is 0 Å². The molecule has 10 nitrogen and oxygen atoms in total. The average molecular weight is 421 g/mol. The Hall–Kier alpha value is -4.34. The summed E-state index contributed by atoms with van der Waals surface area (Å²) in [6.45, 7) is 5.14. The Kier molecular flexibility index (Phi) is 6.20. The van der Waals surface area contributed by atoms with Gasteiger partial charge in [0, 0.05) is 17.7 Å². The number of azo groups is 1. The quantitative estimate of drug-likeness (QED) is 0.255. The number of nitro benzene ring substituents is 1. The zero-order valence-electron chi connectivity index (χ0n) is 16.6. The van der Waals surface area contributed by atoms with Crippen LogP contribution in [0.4, 0.5) is 17.1 Å². The number of rotatable bonds is 7. The molecule has 31 heavy (non-hydrogen) atoms. The third-order valence-electron chi connectivity index (χ3n) is 4.66. The molecule has 0 spiro atoms. The van der Waals surface area contributed by atoms with Gasteiger partial charge in [-0.1, -0.05) is 30.3 Å². The van der Waals surface area contributed by atoms with Crippen LogP contribution in [0, 0.1) is 17.0 Å². The normalized spacial score (nSPS) is 11.0. The molecule has 0 atom stereocenters. The van der Waals surface area contributed by atoms with Gasteiger partial charge in [-0.15, -0.1) is 10.2 Å². The number of phenols is 1. The summed E-state index contributed by atoms with van der Waals surface area (Å²) in [7, 11) is 0. The second-order valence-electron chi connectivity index (χ2n) is 6.66. The highest BCUT2D eigenvalue weighted by Crippen LogP contribution is 2.33. The molecule has 1 heterocycles. The smallest absolute Gasteiger partial charge is 0.281 e. The third-order valence-corrected chi connectivity index (χ3v) is 4.66. The predicted molar refractivity (Wildman–Crippen MR) is 115 cm³/mol. The molecule has 0 aliphatic heterocycles. The lowest BCUT2D eigenvalue weighted by Crippen LogP contribution is -2.22. The van der Waals surface area contributed by atoms with Crippen molar-refractivity contribution in [3.05, 3.63) is 85.7 Å². The molecule has 158 valence electrons. The van der Waals surface area contributed by atoms with Crippen LogP contribution in [0.1, 0.15) is 16.7 Å².